The van der Waals surface area contributed by atoms with E-state index in [1.807, 2.05) is 12.1 Å². The number of Topliss-reactive ketones (excluding diaryl/α,β-unsaturated/α-hetero) is 1. The van der Waals surface area contributed by atoms with Gasteiger partial charge in [-0.2, -0.15) is 0 Å². The van der Waals surface area contributed by atoms with E-state index in [0.29, 0.717) is 11.8 Å². The molecule has 2 aromatic rings. The molecule has 20 heavy (non-hydrogen) atoms. The molecule has 1 saturated carbocycles. The fraction of sp³-hybridized carbons (Fsp3) is 0.389. The largest absolute Gasteiger partial charge is 0.328 e. The summed E-state index contributed by atoms with van der Waals surface area (Å²) in [6.07, 6.45) is 3.82. The van der Waals surface area contributed by atoms with Gasteiger partial charge >= 0.3 is 0 Å². The van der Waals surface area contributed by atoms with Crippen molar-refractivity contribution in [3.05, 3.63) is 47.5 Å². The minimum Gasteiger partial charge on any atom is -0.328 e. The van der Waals surface area contributed by atoms with Gasteiger partial charge in [0.15, 0.2) is 5.78 Å². The van der Waals surface area contributed by atoms with Crippen molar-refractivity contribution in [2.45, 2.75) is 38.6 Å². The number of nitrogens with two attached hydrogens (primary N) is 1. The molecule has 1 fully saturated rings. The summed E-state index contributed by atoms with van der Waals surface area (Å²) in [5, 5.41) is 2.35. The van der Waals surface area contributed by atoms with E-state index in [1.165, 1.54) is 10.9 Å². The Bertz CT molecular complexity index is 639. The van der Waals surface area contributed by atoms with Crippen LogP contribution >= 0.6 is 0 Å². The fourth-order valence-electron chi connectivity index (χ4n) is 3.14. The van der Waals surface area contributed by atoms with Crippen molar-refractivity contribution in [3.63, 3.8) is 0 Å². The van der Waals surface area contributed by atoms with E-state index in [4.69, 9.17) is 5.73 Å². The summed E-state index contributed by atoms with van der Waals surface area (Å²) in [7, 11) is 0. The van der Waals surface area contributed by atoms with E-state index in [-0.39, 0.29) is 5.92 Å². The molecule has 2 nitrogen and oxygen atoms in total. The highest BCUT2D eigenvalue weighted by Gasteiger charge is 2.25. The van der Waals surface area contributed by atoms with Gasteiger partial charge < -0.3 is 5.73 Å². The first-order valence-electron chi connectivity index (χ1n) is 7.44. The highest BCUT2D eigenvalue weighted by molar-refractivity contribution is 6.01. The predicted octanol–water partition coefficient (Wildman–Crippen LogP) is 3.85. The summed E-state index contributed by atoms with van der Waals surface area (Å²) in [6.45, 7) is 2.09. The molecule has 0 bridgehead atoms. The minimum absolute atomic E-state index is 0.165. The monoisotopic (exact) mass is 267 g/mol. The van der Waals surface area contributed by atoms with Gasteiger partial charge in [-0.3, -0.25) is 4.79 Å². The van der Waals surface area contributed by atoms with Gasteiger partial charge in [-0.05, 0) is 49.4 Å². The van der Waals surface area contributed by atoms with Crippen molar-refractivity contribution in [3.8, 4) is 0 Å². The van der Waals surface area contributed by atoms with Gasteiger partial charge in [0.2, 0.25) is 0 Å². The third kappa shape index (κ3) is 2.61. The molecule has 0 atom stereocenters. The second-order valence-electron chi connectivity index (χ2n) is 6.04. The van der Waals surface area contributed by atoms with Gasteiger partial charge in [-0.25, -0.2) is 0 Å². The molecule has 3 rings (SSSR count). The lowest BCUT2D eigenvalue weighted by Crippen LogP contribution is -2.29. The number of rotatable bonds is 2. The summed E-state index contributed by atoms with van der Waals surface area (Å²) in [5.74, 6) is 0.456. The Kier molecular flexibility index (Phi) is 3.58. The highest BCUT2D eigenvalue weighted by atomic mass is 16.1. The van der Waals surface area contributed by atoms with E-state index >= 15 is 0 Å². The van der Waals surface area contributed by atoms with Crippen LogP contribution in [0.4, 0.5) is 0 Å². The Morgan fingerprint density at radius 1 is 1.00 bits per heavy atom. The van der Waals surface area contributed by atoms with E-state index in [2.05, 4.69) is 31.2 Å². The molecule has 0 unspecified atom stereocenters. The average Bonchev–Trinajstić information content (AvgIpc) is 2.47. The van der Waals surface area contributed by atoms with Crippen LogP contribution in [0.25, 0.3) is 10.8 Å². The molecular formula is C18H21NO. The van der Waals surface area contributed by atoms with E-state index in [1.54, 1.807) is 0 Å². The standard InChI is InChI=1S/C18H21NO/c1-12-2-3-15-11-16(5-4-14(15)10-12)18(20)13-6-8-17(19)9-7-13/h2-5,10-11,13,17H,6-9,19H2,1H3. The molecule has 1 aliphatic carbocycles. The number of carbonyl (C=O) groups excluding carboxylic acids is 1. The summed E-state index contributed by atoms with van der Waals surface area (Å²) in [4.78, 5) is 12.6. The maximum absolute atomic E-state index is 12.6. The molecule has 2 aromatic carbocycles. The first-order valence-corrected chi connectivity index (χ1v) is 7.44. The van der Waals surface area contributed by atoms with Gasteiger partial charge in [0.25, 0.3) is 0 Å². The molecule has 0 saturated heterocycles. The quantitative estimate of drug-likeness (QED) is 0.840. The molecule has 0 aromatic heterocycles. The predicted molar refractivity (Wildman–Crippen MR) is 82.9 cm³/mol. The number of aryl methyl sites for hydroxylation is 1. The highest BCUT2D eigenvalue weighted by Crippen LogP contribution is 2.27. The van der Waals surface area contributed by atoms with Crippen LogP contribution in [0.15, 0.2) is 36.4 Å². The topological polar surface area (TPSA) is 43.1 Å². The summed E-state index contributed by atoms with van der Waals surface area (Å²) < 4.78 is 0. The minimum atomic E-state index is 0.165. The van der Waals surface area contributed by atoms with Crippen LogP contribution in [-0.2, 0) is 0 Å². The summed E-state index contributed by atoms with van der Waals surface area (Å²) in [6, 6.07) is 12.7. The molecule has 0 spiro atoms. The van der Waals surface area contributed by atoms with Crippen molar-refractivity contribution in [1.29, 1.82) is 0 Å². The molecule has 0 radical (unpaired) electrons. The summed E-state index contributed by atoms with van der Waals surface area (Å²) in [5.41, 5.74) is 8.01. The van der Waals surface area contributed by atoms with Crippen molar-refractivity contribution in [1.82, 2.24) is 0 Å². The number of carbonyl (C=O) groups is 1. The van der Waals surface area contributed by atoms with Crippen molar-refractivity contribution < 1.29 is 4.79 Å². The van der Waals surface area contributed by atoms with Gasteiger partial charge in [-0.15, -0.1) is 0 Å². The molecule has 0 heterocycles. The molecule has 2 N–H and O–H groups in total. The van der Waals surface area contributed by atoms with E-state index in [0.717, 1.165) is 36.6 Å². The first-order chi connectivity index (χ1) is 9.63. The molecule has 0 aliphatic heterocycles. The molecule has 1 aliphatic rings. The van der Waals surface area contributed by atoms with Crippen molar-refractivity contribution >= 4 is 16.6 Å². The van der Waals surface area contributed by atoms with Crippen LogP contribution in [0.5, 0.6) is 0 Å². The lowest BCUT2D eigenvalue weighted by molar-refractivity contribution is 0.0885. The normalized spacial score (nSPS) is 22.9. The van der Waals surface area contributed by atoms with Crippen LogP contribution < -0.4 is 5.73 Å². The van der Waals surface area contributed by atoms with Crippen molar-refractivity contribution in [2.75, 3.05) is 0 Å². The average molecular weight is 267 g/mol. The second-order valence-corrected chi connectivity index (χ2v) is 6.04. The van der Waals surface area contributed by atoms with Crippen LogP contribution in [0.1, 0.15) is 41.6 Å². The second kappa shape index (κ2) is 5.37. The van der Waals surface area contributed by atoms with Crippen molar-refractivity contribution in [2.24, 2.45) is 11.7 Å². The first kappa shape index (κ1) is 13.3. The zero-order valence-electron chi connectivity index (χ0n) is 11.9. The maximum atomic E-state index is 12.6. The van der Waals surface area contributed by atoms with Crippen LogP contribution in [0, 0.1) is 12.8 Å². The molecule has 2 heteroatoms. The number of ketones is 1. The number of fused-ring (bicyclic) bond motifs is 1. The number of benzene rings is 2. The van der Waals surface area contributed by atoms with E-state index < -0.39 is 0 Å². The lowest BCUT2D eigenvalue weighted by Gasteiger charge is -2.25. The maximum Gasteiger partial charge on any atom is 0.165 e. The van der Waals surface area contributed by atoms with Gasteiger partial charge in [0.1, 0.15) is 0 Å². The summed E-state index contributed by atoms with van der Waals surface area (Å²) >= 11 is 0. The third-order valence-corrected chi connectivity index (χ3v) is 4.42. The van der Waals surface area contributed by atoms with Gasteiger partial charge in [0, 0.05) is 17.5 Å². The number of hydrogen-bond donors (Lipinski definition) is 1. The zero-order chi connectivity index (χ0) is 14.1. The third-order valence-electron chi connectivity index (χ3n) is 4.42. The Morgan fingerprint density at radius 2 is 1.65 bits per heavy atom. The zero-order valence-corrected chi connectivity index (χ0v) is 11.9. The lowest BCUT2D eigenvalue weighted by atomic mass is 9.81. The van der Waals surface area contributed by atoms with Crippen LogP contribution in [0.3, 0.4) is 0 Å². The fourth-order valence-corrected chi connectivity index (χ4v) is 3.14. The Hall–Kier alpha value is -1.67. The van der Waals surface area contributed by atoms with Gasteiger partial charge in [-0.1, -0.05) is 35.9 Å². The van der Waals surface area contributed by atoms with E-state index in [9.17, 15) is 4.79 Å². The Balaban J connectivity index is 1.86. The SMILES string of the molecule is Cc1ccc2cc(C(=O)C3CCC(N)CC3)ccc2c1. The van der Waals surface area contributed by atoms with Crippen LogP contribution in [-0.4, -0.2) is 11.8 Å². The molecule has 104 valence electrons. The van der Waals surface area contributed by atoms with Gasteiger partial charge in [0.05, 0.1) is 0 Å². The van der Waals surface area contributed by atoms with Crippen LogP contribution in [0.2, 0.25) is 0 Å². The molecule has 0 amide bonds. The Labute approximate surface area is 120 Å². The smallest absolute Gasteiger partial charge is 0.165 e. The number of hydrogen-bond acceptors (Lipinski definition) is 2. The Morgan fingerprint density at radius 3 is 2.40 bits per heavy atom. The molecular weight excluding hydrogens is 246 g/mol.